The molecule has 0 aromatic carbocycles. The van der Waals surface area contributed by atoms with Crippen molar-refractivity contribution in [1.82, 2.24) is 0 Å². The van der Waals surface area contributed by atoms with Crippen molar-refractivity contribution >= 4 is 67.5 Å². The molecule has 2 N–H and O–H groups in total. The van der Waals surface area contributed by atoms with Crippen molar-refractivity contribution in [2.45, 2.75) is 188 Å². The number of hydrogen-bond donors (Lipinski definition) is 2. The molecule has 0 saturated carbocycles. The molecule has 0 heterocycles. The second-order valence-corrected chi connectivity index (χ2v) is 53.3. The predicted octanol–water partition coefficient (Wildman–Crippen LogP) is 9.74. The molecular formula is C37H94O12Si8. The second kappa shape index (κ2) is 28.1. The van der Waals surface area contributed by atoms with Gasteiger partial charge in [0.2, 0.25) is 0 Å². The van der Waals surface area contributed by atoms with Gasteiger partial charge in [0.1, 0.15) is 0 Å². The summed E-state index contributed by atoms with van der Waals surface area (Å²) in [6.07, 6.45) is 5.42. The highest BCUT2D eigenvalue weighted by Gasteiger charge is 2.45. The Hall–Kier alpha value is 1.26. The molecule has 0 rings (SSSR count). The van der Waals surface area contributed by atoms with Crippen LogP contribution in [-0.4, -0.2) is 143 Å². The maximum absolute atomic E-state index is 8.78. The molecule has 4 unspecified atom stereocenters. The van der Waals surface area contributed by atoms with E-state index in [0.717, 1.165) is 50.8 Å². The number of aliphatic hydroxyl groups excluding tert-OH is 2. The van der Waals surface area contributed by atoms with E-state index in [9.17, 15) is 0 Å². The van der Waals surface area contributed by atoms with Crippen LogP contribution in [0.1, 0.15) is 46.0 Å². The normalized spacial score (nSPS) is 16.7. The van der Waals surface area contributed by atoms with Crippen LogP contribution in [0.2, 0.25) is 130 Å². The number of unbranched alkanes of at least 4 members (excludes halogenated alkanes) is 3. The van der Waals surface area contributed by atoms with Crippen LogP contribution in [0.25, 0.3) is 0 Å². The van der Waals surface area contributed by atoms with Gasteiger partial charge >= 0.3 is 34.2 Å². The lowest BCUT2D eigenvalue weighted by Gasteiger charge is -2.41. The highest BCUT2D eigenvalue weighted by atomic mass is 28.5. The van der Waals surface area contributed by atoms with Crippen LogP contribution in [0, 0.1) is 0 Å². The van der Waals surface area contributed by atoms with Gasteiger partial charge in [0, 0.05) is 13.2 Å². The molecule has 0 aliphatic rings. The van der Waals surface area contributed by atoms with Crippen molar-refractivity contribution in [2.75, 3.05) is 52.9 Å². The van der Waals surface area contributed by atoms with Gasteiger partial charge in [-0.2, -0.15) is 0 Å². The molecule has 0 aromatic heterocycles. The van der Waals surface area contributed by atoms with Crippen molar-refractivity contribution in [3.63, 3.8) is 0 Å². The summed E-state index contributed by atoms with van der Waals surface area (Å²) in [7, 11) is -15.8. The van der Waals surface area contributed by atoms with Crippen LogP contribution in [0.15, 0.2) is 0 Å². The van der Waals surface area contributed by atoms with E-state index >= 15 is 0 Å². The number of aliphatic hydroxyl groups is 2. The average Bonchev–Trinajstić information content (AvgIpc) is 2.95. The summed E-state index contributed by atoms with van der Waals surface area (Å²) < 4.78 is 61.6. The van der Waals surface area contributed by atoms with Crippen molar-refractivity contribution in [3.05, 3.63) is 0 Å². The first kappa shape index (κ1) is 60.3. The Morgan fingerprint density at radius 3 is 1.02 bits per heavy atom. The van der Waals surface area contributed by atoms with Gasteiger partial charge < -0.3 is 53.9 Å². The third kappa shape index (κ3) is 39.8. The predicted molar refractivity (Wildman–Crippen MR) is 257 cm³/mol. The van der Waals surface area contributed by atoms with E-state index in [-0.39, 0.29) is 25.4 Å². The van der Waals surface area contributed by atoms with Crippen LogP contribution < -0.4 is 0 Å². The first-order valence-electron chi connectivity index (χ1n) is 21.5. The molecule has 0 saturated heterocycles. The van der Waals surface area contributed by atoms with Crippen LogP contribution in [0.3, 0.4) is 0 Å². The fraction of sp³-hybridized carbons (Fsp3) is 1.00. The lowest BCUT2D eigenvalue weighted by molar-refractivity contribution is -0.0189. The maximum atomic E-state index is 8.78. The Kier molecular flexibility index (Phi) is 29.8. The molecule has 0 radical (unpaired) electrons. The smallest absolute Gasteiger partial charge is 0.315 e. The van der Waals surface area contributed by atoms with Gasteiger partial charge in [-0.3, -0.25) is 0 Å². The fourth-order valence-electron chi connectivity index (χ4n) is 6.70. The zero-order valence-electron chi connectivity index (χ0n) is 40.7. The van der Waals surface area contributed by atoms with E-state index in [1.807, 2.05) is 13.8 Å². The number of hydrogen-bond acceptors (Lipinski definition) is 12. The minimum absolute atomic E-state index is 0.00764. The van der Waals surface area contributed by atoms with Crippen molar-refractivity contribution in [2.24, 2.45) is 0 Å². The SMILES string of the molecule is CC(COCCCCCC[Si](C)(O[Si](C)(C)C)O[Si](C)(C)O[Si](C)(C)C)OCCO.CC(COCCC[Si](C)(O[Si](C)(C)C)O[Si](C)(C)O[Si](C)(C)C)OCCO. The summed E-state index contributed by atoms with van der Waals surface area (Å²) in [5, 5.41) is 17.5. The number of ether oxygens (including phenoxy) is 4. The van der Waals surface area contributed by atoms with E-state index in [1.54, 1.807) is 0 Å². The van der Waals surface area contributed by atoms with Gasteiger partial charge in [0.15, 0.2) is 33.3 Å². The van der Waals surface area contributed by atoms with Crippen LogP contribution in [-0.2, 0) is 43.6 Å². The molecule has 0 amide bonds. The average molecular weight is 956 g/mol. The molecule has 0 aromatic rings. The summed E-state index contributed by atoms with van der Waals surface area (Å²) in [5.41, 5.74) is 0. The van der Waals surface area contributed by atoms with E-state index < -0.39 is 67.5 Å². The third-order valence-electron chi connectivity index (χ3n) is 7.35. The molecule has 0 aliphatic heterocycles. The summed E-state index contributed by atoms with van der Waals surface area (Å²) in [5.74, 6) is 0. The zero-order chi connectivity index (χ0) is 44.8. The Morgan fingerprint density at radius 1 is 0.368 bits per heavy atom. The van der Waals surface area contributed by atoms with Gasteiger partial charge in [-0.25, -0.2) is 0 Å². The van der Waals surface area contributed by atoms with Crippen LogP contribution in [0.4, 0.5) is 0 Å². The highest BCUT2D eigenvalue weighted by Crippen LogP contribution is 2.29. The lowest BCUT2D eigenvalue weighted by Crippen LogP contribution is -2.56. The molecular weight excluding hydrogens is 861 g/mol. The molecule has 20 heteroatoms. The lowest BCUT2D eigenvalue weighted by atomic mass is 10.2. The van der Waals surface area contributed by atoms with E-state index in [4.69, 9.17) is 53.9 Å². The summed E-state index contributed by atoms with van der Waals surface area (Å²) in [6.45, 7) is 47.0. The minimum Gasteiger partial charge on any atom is -0.437 e. The van der Waals surface area contributed by atoms with Gasteiger partial charge in [0.25, 0.3) is 0 Å². The standard InChI is InChI=1S/C20H50O6Si4.C17H44O6Si4/c1-20(23-17-15-21)19-22-16-13-11-12-14-18-30(10,25-28(5,6)7)26-29(8,9)24-27(2,3)4;1-17(20-14-12-18)16-19-13-11-15-27(10,22-25(5,6)7)23-26(8,9)21-24(2,3)4/h20-21H,11-19H2,1-10H3;17-18H,11-16H2,1-10H3. The third-order valence-corrected chi connectivity index (χ3v) is 34.4. The van der Waals surface area contributed by atoms with E-state index in [2.05, 4.69) is 118 Å². The van der Waals surface area contributed by atoms with Crippen molar-refractivity contribution in [3.8, 4) is 0 Å². The Balaban J connectivity index is 0. The van der Waals surface area contributed by atoms with Gasteiger partial charge in [0.05, 0.1) is 51.8 Å². The first-order valence-corrected chi connectivity index (χ1v) is 45.8. The van der Waals surface area contributed by atoms with E-state index in [0.29, 0.717) is 33.0 Å². The Labute approximate surface area is 360 Å². The van der Waals surface area contributed by atoms with Crippen LogP contribution >= 0.6 is 0 Å². The Bertz CT molecular complexity index is 1020. The number of rotatable bonds is 33. The largest absolute Gasteiger partial charge is 0.437 e. The Morgan fingerprint density at radius 2 is 0.684 bits per heavy atom. The quantitative estimate of drug-likeness (QED) is 0.0480. The maximum Gasteiger partial charge on any atom is 0.315 e. The van der Waals surface area contributed by atoms with Gasteiger partial charge in [-0.05, 0) is 157 Å². The topological polar surface area (TPSA) is 133 Å². The minimum atomic E-state index is -2.34. The zero-order valence-corrected chi connectivity index (χ0v) is 48.7. The molecule has 57 heavy (non-hydrogen) atoms. The highest BCUT2D eigenvalue weighted by molar-refractivity contribution is 6.90. The van der Waals surface area contributed by atoms with Gasteiger partial charge in [-0.1, -0.05) is 19.3 Å². The monoisotopic (exact) mass is 954 g/mol. The molecule has 346 valence electrons. The molecule has 0 spiro atoms. The van der Waals surface area contributed by atoms with Crippen LogP contribution in [0.5, 0.6) is 0 Å². The summed E-state index contributed by atoms with van der Waals surface area (Å²) in [6, 6.07) is 1.92. The first-order chi connectivity index (χ1) is 25.7. The molecule has 12 nitrogen and oxygen atoms in total. The van der Waals surface area contributed by atoms with E-state index in [1.165, 1.54) is 0 Å². The van der Waals surface area contributed by atoms with Gasteiger partial charge in [-0.15, -0.1) is 0 Å². The van der Waals surface area contributed by atoms with Crippen molar-refractivity contribution < 1.29 is 53.9 Å². The molecule has 0 bridgehead atoms. The molecule has 0 fully saturated rings. The fourth-order valence-corrected chi connectivity index (χ4v) is 42.7. The van der Waals surface area contributed by atoms with Crippen molar-refractivity contribution in [1.29, 1.82) is 0 Å². The summed E-state index contributed by atoms with van der Waals surface area (Å²) >= 11 is 0. The molecule has 0 aliphatic carbocycles. The summed E-state index contributed by atoms with van der Waals surface area (Å²) in [4.78, 5) is 0. The molecule has 4 atom stereocenters. The second-order valence-electron chi connectivity index (χ2n) is 20.4.